The van der Waals surface area contributed by atoms with Crippen molar-refractivity contribution >= 4 is 0 Å². The molecule has 1 aromatic carbocycles. The third-order valence-electron chi connectivity index (χ3n) is 4.31. The molecule has 1 fully saturated rings. The first kappa shape index (κ1) is 15.3. The van der Waals surface area contributed by atoms with E-state index in [9.17, 15) is 17.6 Å². The van der Waals surface area contributed by atoms with E-state index in [-0.39, 0.29) is 0 Å². The van der Waals surface area contributed by atoms with Gasteiger partial charge in [0, 0.05) is 5.54 Å². The third-order valence-corrected chi connectivity index (χ3v) is 4.31. The van der Waals surface area contributed by atoms with Gasteiger partial charge in [-0.1, -0.05) is 32.3 Å². The number of halogens is 4. The summed E-state index contributed by atoms with van der Waals surface area (Å²) in [7, 11) is 0. The van der Waals surface area contributed by atoms with Crippen LogP contribution in [0.25, 0.3) is 0 Å². The summed E-state index contributed by atoms with van der Waals surface area (Å²) in [6.07, 6.45) is -0.274. The van der Waals surface area contributed by atoms with Crippen LogP contribution in [-0.2, 0) is 11.7 Å². The molecular formula is C15H19F4N. The van der Waals surface area contributed by atoms with E-state index in [1.807, 2.05) is 0 Å². The van der Waals surface area contributed by atoms with Gasteiger partial charge in [0.25, 0.3) is 0 Å². The summed E-state index contributed by atoms with van der Waals surface area (Å²) in [6, 6.07) is 3.08. The Labute approximate surface area is 116 Å². The van der Waals surface area contributed by atoms with Gasteiger partial charge in [-0.2, -0.15) is 13.2 Å². The number of hydrogen-bond acceptors (Lipinski definition) is 1. The molecule has 1 nitrogen and oxygen atoms in total. The summed E-state index contributed by atoms with van der Waals surface area (Å²) in [5.74, 6) is -0.780. The highest BCUT2D eigenvalue weighted by atomic mass is 19.4. The SMILES string of the molecule is CCC1CCCC(N)(c2ccc(C(F)(F)F)c(F)c2)C1. The fourth-order valence-corrected chi connectivity index (χ4v) is 3.09. The number of benzene rings is 1. The largest absolute Gasteiger partial charge is 0.419 e. The van der Waals surface area contributed by atoms with E-state index in [0.29, 0.717) is 24.3 Å². The van der Waals surface area contributed by atoms with E-state index < -0.39 is 23.1 Å². The Balaban J connectivity index is 2.31. The second-order valence-corrected chi connectivity index (χ2v) is 5.72. The molecule has 0 saturated heterocycles. The molecule has 112 valence electrons. The van der Waals surface area contributed by atoms with Gasteiger partial charge in [-0.25, -0.2) is 4.39 Å². The lowest BCUT2D eigenvalue weighted by Crippen LogP contribution is -2.41. The number of nitrogens with two attached hydrogens (primary N) is 1. The molecule has 0 aliphatic heterocycles. The van der Waals surface area contributed by atoms with Crippen LogP contribution in [0, 0.1) is 11.7 Å². The summed E-state index contributed by atoms with van der Waals surface area (Å²) in [5.41, 5.74) is 4.87. The molecule has 1 aromatic rings. The molecule has 1 aliphatic rings. The van der Waals surface area contributed by atoms with Gasteiger partial charge in [-0.05, 0) is 36.5 Å². The van der Waals surface area contributed by atoms with E-state index in [1.54, 1.807) is 0 Å². The molecule has 2 unspecified atom stereocenters. The van der Waals surface area contributed by atoms with Crippen LogP contribution in [0.1, 0.15) is 50.2 Å². The average Bonchev–Trinajstić information content (AvgIpc) is 2.37. The maximum Gasteiger partial charge on any atom is 0.419 e. The highest BCUT2D eigenvalue weighted by molar-refractivity contribution is 5.31. The smallest absolute Gasteiger partial charge is 0.321 e. The fourth-order valence-electron chi connectivity index (χ4n) is 3.09. The number of rotatable bonds is 2. The molecule has 0 bridgehead atoms. The monoisotopic (exact) mass is 289 g/mol. The molecule has 2 atom stereocenters. The molecule has 5 heteroatoms. The van der Waals surface area contributed by atoms with E-state index in [0.717, 1.165) is 31.4 Å². The molecule has 2 rings (SSSR count). The quantitative estimate of drug-likeness (QED) is 0.791. The van der Waals surface area contributed by atoms with Gasteiger partial charge in [0.2, 0.25) is 0 Å². The molecule has 0 amide bonds. The first-order chi connectivity index (χ1) is 9.26. The Kier molecular flexibility index (Phi) is 4.09. The van der Waals surface area contributed by atoms with Crippen LogP contribution in [0.15, 0.2) is 18.2 Å². The maximum absolute atomic E-state index is 13.7. The van der Waals surface area contributed by atoms with Crippen LogP contribution in [-0.4, -0.2) is 0 Å². The molecule has 2 N–H and O–H groups in total. The van der Waals surface area contributed by atoms with Crippen LogP contribution in [0.3, 0.4) is 0 Å². The minimum atomic E-state index is -4.66. The van der Waals surface area contributed by atoms with E-state index in [4.69, 9.17) is 5.73 Å². The molecule has 0 heterocycles. The standard InChI is InChI=1S/C15H19F4N/c1-2-10-4-3-7-14(20,9-10)11-5-6-12(13(16)8-11)15(17,18)19/h5-6,8,10H,2-4,7,9,20H2,1H3. The zero-order valence-corrected chi connectivity index (χ0v) is 11.4. The second-order valence-electron chi connectivity index (χ2n) is 5.72. The van der Waals surface area contributed by atoms with E-state index in [1.165, 1.54) is 6.07 Å². The molecule has 1 aliphatic carbocycles. The topological polar surface area (TPSA) is 26.0 Å². The molecule has 20 heavy (non-hydrogen) atoms. The zero-order chi connectivity index (χ0) is 15.0. The average molecular weight is 289 g/mol. The van der Waals surface area contributed by atoms with Gasteiger partial charge in [-0.15, -0.1) is 0 Å². The first-order valence-electron chi connectivity index (χ1n) is 6.92. The van der Waals surface area contributed by atoms with Gasteiger partial charge < -0.3 is 5.73 Å². The normalized spacial score (nSPS) is 27.6. The fraction of sp³-hybridized carbons (Fsp3) is 0.600. The Morgan fingerprint density at radius 1 is 1.35 bits per heavy atom. The Bertz CT molecular complexity index is 483. The lowest BCUT2D eigenvalue weighted by atomic mass is 9.72. The van der Waals surface area contributed by atoms with E-state index >= 15 is 0 Å². The first-order valence-corrected chi connectivity index (χ1v) is 6.92. The molecule has 0 radical (unpaired) electrons. The van der Waals surface area contributed by atoms with Crippen molar-refractivity contribution in [2.75, 3.05) is 0 Å². The molecule has 0 aromatic heterocycles. The van der Waals surface area contributed by atoms with Crippen LogP contribution >= 0.6 is 0 Å². The van der Waals surface area contributed by atoms with Crippen molar-refractivity contribution in [3.63, 3.8) is 0 Å². The van der Waals surface area contributed by atoms with Crippen LogP contribution in [0.4, 0.5) is 17.6 Å². The lowest BCUT2D eigenvalue weighted by Gasteiger charge is -2.38. The summed E-state index contributed by atoms with van der Waals surface area (Å²) in [6.45, 7) is 2.07. The second kappa shape index (κ2) is 5.35. The van der Waals surface area contributed by atoms with E-state index in [2.05, 4.69) is 6.92 Å². The highest BCUT2D eigenvalue weighted by Gasteiger charge is 2.37. The highest BCUT2D eigenvalue weighted by Crippen LogP contribution is 2.40. The Morgan fingerprint density at radius 2 is 2.05 bits per heavy atom. The van der Waals surface area contributed by atoms with Crippen molar-refractivity contribution in [1.82, 2.24) is 0 Å². The molecular weight excluding hydrogens is 270 g/mol. The molecule has 1 saturated carbocycles. The maximum atomic E-state index is 13.7. The minimum absolute atomic E-state index is 0.458. The van der Waals surface area contributed by atoms with Crippen molar-refractivity contribution in [2.45, 2.75) is 50.7 Å². The van der Waals surface area contributed by atoms with Gasteiger partial charge in [-0.3, -0.25) is 0 Å². The van der Waals surface area contributed by atoms with Gasteiger partial charge >= 0.3 is 6.18 Å². The predicted molar refractivity (Wildman–Crippen MR) is 69.5 cm³/mol. The minimum Gasteiger partial charge on any atom is -0.321 e. The van der Waals surface area contributed by atoms with Crippen molar-refractivity contribution in [3.05, 3.63) is 35.1 Å². The summed E-state index contributed by atoms with van der Waals surface area (Å²) in [5, 5.41) is 0. The third kappa shape index (κ3) is 2.97. The lowest BCUT2D eigenvalue weighted by molar-refractivity contribution is -0.140. The Morgan fingerprint density at radius 3 is 2.60 bits per heavy atom. The van der Waals surface area contributed by atoms with Crippen LogP contribution in [0.5, 0.6) is 0 Å². The number of alkyl halides is 3. The summed E-state index contributed by atoms with van der Waals surface area (Å²) in [4.78, 5) is 0. The predicted octanol–water partition coefficient (Wildman–Crippen LogP) is 4.60. The van der Waals surface area contributed by atoms with Crippen LogP contribution in [0.2, 0.25) is 0 Å². The van der Waals surface area contributed by atoms with Crippen molar-refractivity contribution in [2.24, 2.45) is 11.7 Å². The van der Waals surface area contributed by atoms with Gasteiger partial charge in [0.05, 0.1) is 5.56 Å². The van der Waals surface area contributed by atoms with Crippen molar-refractivity contribution in [1.29, 1.82) is 0 Å². The molecule has 0 spiro atoms. The van der Waals surface area contributed by atoms with Crippen molar-refractivity contribution in [3.8, 4) is 0 Å². The summed E-state index contributed by atoms with van der Waals surface area (Å²) >= 11 is 0. The summed E-state index contributed by atoms with van der Waals surface area (Å²) < 4.78 is 51.4. The zero-order valence-electron chi connectivity index (χ0n) is 11.4. The Hall–Kier alpha value is -1.10. The van der Waals surface area contributed by atoms with Gasteiger partial charge in [0.15, 0.2) is 0 Å². The van der Waals surface area contributed by atoms with Gasteiger partial charge in [0.1, 0.15) is 5.82 Å². The van der Waals surface area contributed by atoms with Crippen molar-refractivity contribution < 1.29 is 17.6 Å². The van der Waals surface area contributed by atoms with Crippen LogP contribution < -0.4 is 5.73 Å². The number of hydrogen-bond donors (Lipinski definition) is 1.